The van der Waals surface area contributed by atoms with E-state index in [1.807, 2.05) is 6.92 Å². The SMILES string of the molecule is C#CCOCC(=C)C. The third-order valence-electron chi connectivity index (χ3n) is 0.534. The maximum atomic E-state index is 4.91. The van der Waals surface area contributed by atoms with Crippen molar-refractivity contribution in [3.63, 3.8) is 0 Å². The molecular formula is C7H10O. The summed E-state index contributed by atoms with van der Waals surface area (Å²) in [5.74, 6) is 2.36. The molecule has 0 radical (unpaired) electrons. The van der Waals surface area contributed by atoms with Crippen LogP contribution in [0.5, 0.6) is 0 Å². The van der Waals surface area contributed by atoms with Crippen molar-refractivity contribution < 1.29 is 4.74 Å². The predicted octanol–water partition coefficient (Wildman–Crippen LogP) is 1.21. The third-order valence-corrected chi connectivity index (χ3v) is 0.534. The summed E-state index contributed by atoms with van der Waals surface area (Å²) in [7, 11) is 0. The Kier molecular flexibility index (Phi) is 4.01. The minimum Gasteiger partial charge on any atom is -0.364 e. The zero-order valence-electron chi connectivity index (χ0n) is 5.11. The summed E-state index contributed by atoms with van der Waals surface area (Å²) in [6.45, 7) is 6.49. The van der Waals surface area contributed by atoms with E-state index < -0.39 is 0 Å². The van der Waals surface area contributed by atoms with Gasteiger partial charge in [0.25, 0.3) is 0 Å². The van der Waals surface area contributed by atoms with E-state index in [4.69, 9.17) is 11.2 Å². The molecule has 0 amide bonds. The largest absolute Gasteiger partial charge is 0.364 e. The maximum absolute atomic E-state index is 4.91. The van der Waals surface area contributed by atoms with Crippen molar-refractivity contribution in [2.45, 2.75) is 6.92 Å². The number of terminal acetylenes is 1. The molecule has 1 nitrogen and oxygen atoms in total. The van der Waals surface area contributed by atoms with E-state index in [0.717, 1.165) is 5.57 Å². The van der Waals surface area contributed by atoms with Gasteiger partial charge in [0.15, 0.2) is 0 Å². The van der Waals surface area contributed by atoms with E-state index in [1.54, 1.807) is 0 Å². The van der Waals surface area contributed by atoms with Crippen LogP contribution in [0.15, 0.2) is 12.2 Å². The lowest BCUT2D eigenvalue weighted by Gasteiger charge is -1.95. The fraction of sp³-hybridized carbons (Fsp3) is 0.429. The van der Waals surface area contributed by atoms with Crippen LogP contribution in [-0.4, -0.2) is 13.2 Å². The minimum atomic E-state index is 0.382. The van der Waals surface area contributed by atoms with Gasteiger partial charge in [-0.15, -0.1) is 6.42 Å². The van der Waals surface area contributed by atoms with Crippen molar-refractivity contribution in [2.75, 3.05) is 13.2 Å². The van der Waals surface area contributed by atoms with Crippen LogP contribution in [0.2, 0.25) is 0 Å². The molecule has 1 heteroatoms. The average molecular weight is 110 g/mol. The van der Waals surface area contributed by atoms with Crippen molar-refractivity contribution in [2.24, 2.45) is 0 Å². The van der Waals surface area contributed by atoms with Crippen LogP contribution < -0.4 is 0 Å². The fourth-order valence-corrected chi connectivity index (χ4v) is 0.284. The highest BCUT2D eigenvalue weighted by atomic mass is 16.5. The topological polar surface area (TPSA) is 9.23 Å². The highest BCUT2D eigenvalue weighted by Crippen LogP contribution is 1.85. The van der Waals surface area contributed by atoms with Gasteiger partial charge < -0.3 is 4.74 Å². The van der Waals surface area contributed by atoms with E-state index in [0.29, 0.717) is 13.2 Å². The standard InChI is InChI=1S/C7H10O/c1-4-5-8-6-7(2)3/h1H,2,5-6H2,3H3. The van der Waals surface area contributed by atoms with Crippen molar-refractivity contribution in [3.05, 3.63) is 12.2 Å². The first-order chi connectivity index (χ1) is 3.77. The number of hydrogen-bond donors (Lipinski definition) is 0. The first-order valence-corrected chi connectivity index (χ1v) is 2.43. The molecule has 0 unspecified atom stereocenters. The molecular weight excluding hydrogens is 100 g/mol. The quantitative estimate of drug-likeness (QED) is 0.301. The van der Waals surface area contributed by atoms with Gasteiger partial charge in [-0.1, -0.05) is 18.1 Å². The first kappa shape index (κ1) is 7.26. The molecule has 0 saturated carbocycles. The molecule has 0 heterocycles. The van der Waals surface area contributed by atoms with Crippen molar-refractivity contribution in [3.8, 4) is 12.3 Å². The zero-order chi connectivity index (χ0) is 6.41. The molecule has 0 saturated heterocycles. The van der Waals surface area contributed by atoms with Crippen LogP contribution in [0.1, 0.15) is 6.92 Å². The summed E-state index contributed by atoms with van der Waals surface area (Å²) in [6.07, 6.45) is 4.91. The Hall–Kier alpha value is -0.740. The van der Waals surface area contributed by atoms with Crippen LogP contribution >= 0.6 is 0 Å². The Morgan fingerprint density at radius 1 is 1.88 bits per heavy atom. The van der Waals surface area contributed by atoms with Gasteiger partial charge in [-0.3, -0.25) is 0 Å². The molecule has 0 bridgehead atoms. The molecule has 8 heavy (non-hydrogen) atoms. The Morgan fingerprint density at radius 3 is 2.88 bits per heavy atom. The Morgan fingerprint density at radius 2 is 2.50 bits per heavy atom. The molecule has 0 rings (SSSR count). The predicted molar refractivity (Wildman–Crippen MR) is 34.5 cm³/mol. The van der Waals surface area contributed by atoms with E-state index in [1.165, 1.54) is 0 Å². The maximum Gasteiger partial charge on any atom is 0.107 e. The van der Waals surface area contributed by atoms with Crippen molar-refractivity contribution in [1.29, 1.82) is 0 Å². The second kappa shape index (κ2) is 4.42. The summed E-state index contributed by atoms with van der Waals surface area (Å²) >= 11 is 0. The van der Waals surface area contributed by atoms with E-state index in [2.05, 4.69) is 12.5 Å². The lowest BCUT2D eigenvalue weighted by atomic mass is 10.4. The van der Waals surface area contributed by atoms with Crippen LogP contribution in [0, 0.1) is 12.3 Å². The van der Waals surface area contributed by atoms with Gasteiger partial charge in [0.05, 0.1) is 6.61 Å². The van der Waals surface area contributed by atoms with Crippen molar-refractivity contribution in [1.82, 2.24) is 0 Å². The molecule has 0 aromatic heterocycles. The van der Waals surface area contributed by atoms with Gasteiger partial charge in [-0.2, -0.15) is 0 Å². The number of hydrogen-bond acceptors (Lipinski definition) is 1. The van der Waals surface area contributed by atoms with E-state index in [-0.39, 0.29) is 0 Å². The summed E-state index contributed by atoms with van der Waals surface area (Å²) in [5, 5.41) is 0. The summed E-state index contributed by atoms with van der Waals surface area (Å²) in [5.41, 5.74) is 1.00. The van der Waals surface area contributed by atoms with Gasteiger partial charge in [0, 0.05) is 0 Å². The molecule has 0 aromatic rings. The Bertz CT molecular complexity index is 108. The molecule has 0 N–H and O–H groups in total. The molecule has 0 fully saturated rings. The number of rotatable bonds is 3. The lowest BCUT2D eigenvalue weighted by Crippen LogP contribution is -1.93. The second-order valence-corrected chi connectivity index (χ2v) is 1.65. The van der Waals surface area contributed by atoms with Gasteiger partial charge >= 0.3 is 0 Å². The van der Waals surface area contributed by atoms with Crippen LogP contribution in [-0.2, 0) is 4.74 Å². The van der Waals surface area contributed by atoms with E-state index in [9.17, 15) is 0 Å². The summed E-state index contributed by atoms with van der Waals surface area (Å²) in [4.78, 5) is 0. The van der Waals surface area contributed by atoms with Crippen LogP contribution in [0.4, 0.5) is 0 Å². The molecule has 0 aliphatic heterocycles. The van der Waals surface area contributed by atoms with E-state index >= 15 is 0 Å². The summed E-state index contributed by atoms with van der Waals surface area (Å²) in [6, 6.07) is 0. The fourth-order valence-electron chi connectivity index (χ4n) is 0.284. The highest BCUT2D eigenvalue weighted by Gasteiger charge is 1.81. The third kappa shape index (κ3) is 5.26. The average Bonchev–Trinajstić information content (AvgIpc) is 1.66. The molecule has 0 spiro atoms. The first-order valence-electron chi connectivity index (χ1n) is 2.43. The summed E-state index contributed by atoms with van der Waals surface area (Å²) < 4.78 is 4.91. The monoisotopic (exact) mass is 110 g/mol. The molecule has 0 aliphatic rings. The molecule has 0 aromatic carbocycles. The second-order valence-electron chi connectivity index (χ2n) is 1.65. The Balaban J connectivity index is 2.97. The van der Waals surface area contributed by atoms with Gasteiger partial charge in [-0.25, -0.2) is 0 Å². The van der Waals surface area contributed by atoms with Crippen LogP contribution in [0.25, 0.3) is 0 Å². The Labute approximate surface area is 50.4 Å². The normalized spacial score (nSPS) is 8.00. The highest BCUT2D eigenvalue weighted by molar-refractivity contribution is 4.89. The molecule has 0 aliphatic carbocycles. The zero-order valence-corrected chi connectivity index (χ0v) is 5.11. The smallest absolute Gasteiger partial charge is 0.107 e. The van der Waals surface area contributed by atoms with Gasteiger partial charge in [0.1, 0.15) is 6.61 Å². The van der Waals surface area contributed by atoms with Crippen LogP contribution in [0.3, 0.4) is 0 Å². The van der Waals surface area contributed by atoms with Gasteiger partial charge in [-0.05, 0) is 6.92 Å². The number of ether oxygens (including phenoxy) is 1. The van der Waals surface area contributed by atoms with Crippen molar-refractivity contribution >= 4 is 0 Å². The molecule has 0 atom stereocenters. The van der Waals surface area contributed by atoms with Gasteiger partial charge in [0.2, 0.25) is 0 Å². The molecule has 44 valence electrons. The lowest BCUT2D eigenvalue weighted by molar-refractivity contribution is 0.192. The minimum absolute atomic E-state index is 0.382.